The molecular weight excluding hydrogens is 458 g/mol. The minimum absolute atomic E-state index is 0.195. The number of nitrogens with zero attached hydrogens (tertiary/aromatic N) is 6. The number of piperazine rings is 1. The third kappa shape index (κ3) is 5.27. The normalized spacial score (nSPS) is 16.2. The van der Waals surface area contributed by atoms with Crippen LogP contribution in [-0.2, 0) is 10.2 Å². The van der Waals surface area contributed by atoms with Crippen molar-refractivity contribution in [3.05, 3.63) is 48.1 Å². The smallest absolute Gasteiger partial charge is 0.410 e. The molecule has 1 aliphatic heterocycles. The van der Waals surface area contributed by atoms with Gasteiger partial charge in [-0.25, -0.2) is 14.8 Å². The number of carbonyl (C=O) groups excluding carboxylic acids is 1. The summed E-state index contributed by atoms with van der Waals surface area (Å²) in [6, 6.07) is 8.24. The van der Waals surface area contributed by atoms with Gasteiger partial charge in [0.1, 0.15) is 5.60 Å². The van der Waals surface area contributed by atoms with Gasteiger partial charge in [-0.1, -0.05) is 38.1 Å². The molecule has 0 saturated carbocycles. The van der Waals surface area contributed by atoms with Crippen molar-refractivity contribution in [1.29, 1.82) is 0 Å². The van der Waals surface area contributed by atoms with Gasteiger partial charge in [0, 0.05) is 44.1 Å². The SMILES string of the molecule is CC(C)C(C)(c1ccc(-c2cnc(N)nc2)cc1)c1nc(N2CCN(C(=O)OC(C)(C)C)CC2)no1. The summed E-state index contributed by atoms with van der Waals surface area (Å²) in [5.41, 5.74) is 7.58. The Kier molecular flexibility index (Phi) is 6.88. The van der Waals surface area contributed by atoms with Gasteiger partial charge in [0.05, 0.1) is 5.41 Å². The van der Waals surface area contributed by atoms with Gasteiger partial charge in [-0.3, -0.25) is 0 Å². The average Bonchev–Trinajstić information content (AvgIpc) is 3.34. The lowest BCUT2D eigenvalue weighted by atomic mass is 9.73. The number of hydrogen-bond acceptors (Lipinski definition) is 9. The largest absolute Gasteiger partial charge is 0.444 e. The number of anilines is 2. The number of aromatic nitrogens is 4. The Morgan fingerprint density at radius 1 is 1.00 bits per heavy atom. The first-order chi connectivity index (χ1) is 17.0. The molecule has 1 saturated heterocycles. The van der Waals surface area contributed by atoms with Gasteiger partial charge in [0.15, 0.2) is 0 Å². The first-order valence-electron chi connectivity index (χ1n) is 12.2. The van der Waals surface area contributed by atoms with E-state index >= 15 is 0 Å². The molecule has 1 amide bonds. The van der Waals surface area contributed by atoms with Gasteiger partial charge >= 0.3 is 6.09 Å². The molecule has 1 unspecified atom stereocenters. The van der Waals surface area contributed by atoms with Crippen LogP contribution in [-0.4, -0.2) is 62.9 Å². The highest BCUT2D eigenvalue weighted by Gasteiger charge is 2.39. The number of nitrogens with two attached hydrogens (primary N) is 1. The minimum Gasteiger partial charge on any atom is -0.444 e. The van der Waals surface area contributed by atoms with Crippen LogP contribution >= 0.6 is 0 Å². The van der Waals surface area contributed by atoms with Crippen LogP contribution in [0.4, 0.5) is 16.7 Å². The summed E-state index contributed by atoms with van der Waals surface area (Å²) < 4.78 is 11.3. The van der Waals surface area contributed by atoms with Crippen molar-refractivity contribution in [1.82, 2.24) is 25.0 Å². The van der Waals surface area contributed by atoms with Gasteiger partial charge in [-0.05, 0) is 49.9 Å². The number of amides is 1. The molecule has 10 heteroatoms. The quantitative estimate of drug-likeness (QED) is 0.559. The molecule has 2 aromatic heterocycles. The second kappa shape index (κ2) is 9.75. The fourth-order valence-electron chi connectivity index (χ4n) is 4.17. The summed E-state index contributed by atoms with van der Waals surface area (Å²) >= 11 is 0. The zero-order valence-corrected chi connectivity index (χ0v) is 21.9. The first kappa shape index (κ1) is 25.4. The number of hydrogen-bond donors (Lipinski definition) is 1. The third-order valence-electron chi connectivity index (χ3n) is 6.72. The van der Waals surface area contributed by atoms with Crippen LogP contribution in [0.5, 0.6) is 0 Å². The summed E-state index contributed by atoms with van der Waals surface area (Å²) in [4.78, 5) is 29.1. The predicted octanol–water partition coefficient (Wildman–Crippen LogP) is 4.13. The molecule has 0 spiro atoms. The average molecular weight is 494 g/mol. The molecular formula is C26H35N7O3. The molecule has 0 bridgehead atoms. The highest BCUT2D eigenvalue weighted by molar-refractivity contribution is 5.68. The summed E-state index contributed by atoms with van der Waals surface area (Å²) in [6.45, 7) is 14.3. The van der Waals surface area contributed by atoms with Crippen molar-refractivity contribution in [3.63, 3.8) is 0 Å². The highest BCUT2D eigenvalue weighted by atomic mass is 16.6. The maximum absolute atomic E-state index is 12.4. The fraction of sp³-hybridized carbons (Fsp3) is 0.500. The third-order valence-corrected chi connectivity index (χ3v) is 6.72. The lowest BCUT2D eigenvalue weighted by Gasteiger charge is -2.35. The first-order valence-corrected chi connectivity index (χ1v) is 12.2. The van der Waals surface area contributed by atoms with Gasteiger partial charge < -0.3 is 24.8 Å². The fourth-order valence-corrected chi connectivity index (χ4v) is 4.17. The molecule has 2 N–H and O–H groups in total. The zero-order valence-electron chi connectivity index (χ0n) is 21.9. The van der Waals surface area contributed by atoms with E-state index in [4.69, 9.17) is 20.0 Å². The van der Waals surface area contributed by atoms with E-state index in [-0.39, 0.29) is 18.0 Å². The van der Waals surface area contributed by atoms with Gasteiger partial charge in [-0.2, -0.15) is 4.98 Å². The van der Waals surface area contributed by atoms with E-state index in [1.54, 1.807) is 17.3 Å². The Morgan fingerprint density at radius 3 is 2.17 bits per heavy atom. The second-order valence-corrected chi connectivity index (χ2v) is 10.6. The van der Waals surface area contributed by atoms with Crippen LogP contribution in [0.3, 0.4) is 0 Å². The number of benzene rings is 1. The summed E-state index contributed by atoms with van der Waals surface area (Å²) in [7, 11) is 0. The number of carbonyl (C=O) groups is 1. The Morgan fingerprint density at radius 2 is 1.61 bits per heavy atom. The van der Waals surface area contributed by atoms with Crippen LogP contribution in [0.15, 0.2) is 41.2 Å². The standard InChI is InChI=1S/C26H35N7O3/c1-17(2)26(6,20-9-7-18(8-10-20)19-15-28-22(27)29-16-19)21-30-23(31-36-21)32-11-13-33(14-12-32)24(34)35-25(3,4)5/h7-10,15-17H,11-14H2,1-6H3,(H2,27,28,29). The molecule has 1 aliphatic rings. The Bertz CT molecular complexity index is 1180. The molecule has 192 valence electrons. The van der Waals surface area contributed by atoms with Crippen molar-refractivity contribution in [2.75, 3.05) is 36.8 Å². The van der Waals surface area contributed by atoms with E-state index in [1.165, 1.54) is 0 Å². The molecule has 1 fully saturated rings. The minimum atomic E-state index is -0.515. The topological polar surface area (TPSA) is 123 Å². The molecule has 4 rings (SSSR count). The van der Waals surface area contributed by atoms with Crippen LogP contribution in [0, 0.1) is 5.92 Å². The van der Waals surface area contributed by atoms with Gasteiger partial charge in [0.25, 0.3) is 5.95 Å². The summed E-state index contributed by atoms with van der Waals surface area (Å²) in [6.07, 6.45) is 3.13. The monoisotopic (exact) mass is 493 g/mol. The molecule has 1 atom stereocenters. The van der Waals surface area contributed by atoms with Crippen molar-refractivity contribution in [2.45, 2.75) is 52.6 Å². The van der Waals surface area contributed by atoms with Gasteiger partial charge in [0.2, 0.25) is 11.8 Å². The molecule has 36 heavy (non-hydrogen) atoms. The van der Waals surface area contributed by atoms with Crippen LogP contribution in [0.1, 0.15) is 53.0 Å². The van der Waals surface area contributed by atoms with Gasteiger partial charge in [-0.15, -0.1) is 0 Å². The Labute approximate surface area is 211 Å². The van der Waals surface area contributed by atoms with Crippen molar-refractivity contribution < 1.29 is 14.1 Å². The van der Waals surface area contributed by atoms with E-state index in [1.807, 2.05) is 37.8 Å². The number of nitrogen functional groups attached to an aromatic ring is 1. The highest BCUT2D eigenvalue weighted by Crippen LogP contribution is 2.39. The van der Waals surface area contributed by atoms with Crippen molar-refractivity contribution in [3.8, 4) is 11.1 Å². The molecule has 3 heterocycles. The van der Waals surface area contributed by atoms with Crippen molar-refractivity contribution >= 4 is 18.0 Å². The van der Waals surface area contributed by atoms with Crippen molar-refractivity contribution in [2.24, 2.45) is 5.92 Å². The number of ether oxygens (including phenoxy) is 1. The lowest BCUT2D eigenvalue weighted by molar-refractivity contribution is 0.0240. The molecule has 3 aromatic rings. The Hall–Kier alpha value is -3.69. The second-order valence-electron chi connectivity index (χ2n) is 10.6. The van der Waals surface area contributed by atoms with E-state index in [0.717, 1.165) is 16.7 Å². The zero-order chi connectivity index (χ0) is 26.1. The maximum atomic E-state index is 12.4. The molecule has 0 radical (unpaired) electrons. The molecule has 1 aromatic carbocycles. The Balaban J connectivity index is 1.49. The van der Waals surface area contributed by atoms with Crippen LogP contribution < -0.4 is 10.6 Å². The van der Waals surface area contributed by atoms with E-state index < -0.39 is 11.0 Å². The van der Waals surface area contributed by atoms with E-state index in [0.29, 0.717) is 38.0 Å². The summed E-state index contributed by atoms with van der Waals surface area (Å²) in [5.74, 6) is 1.55. The number of rotatable bonds is 5. The summed E-state index contributed by atoms with van der Waals surface area (Å²) in [5, 5.41) is 4.29. The van der Waals surface area contributed by atoms with E-state index in [2.05, 4.69) is 48.0 Å². The molecule has 10 nitrogen and oxygen atoms in total. The lowest BCUT2D eigenvalue weighted by Crippen LogP contribution is -2.50. The maximum Gasteiger partial charge on any atom is 0.410 e. The van der Waals surface area contributed by atoms with E-state index in [9.17, 15) is 4.79 Å². The predicted molar refractivity (Wildman–Crippen MR) is 137 cm³/mol. The molecule has 0 aliphatic carbocycles. The van der Waals surface area contributed by atoms with Crippen LogP contribution in [0.25, 0.3) is 11.1 Å². The van der Waals surface area contributed by atoms with Crippen LogP contribution in [0.2, 0.25) is 0 Å².